The van der Waals surface area contributed by atoms with Gasteiger partial charge in [0.05, 0.1) is 6.61 Å². The normalized spacial score (nSPS) is 19.9. The average molecular weight is 308 g/mol. The maximum absolute atomic E-state index is 11.4. The summed E-state index contributed by atoms with van der Waals surface area (Å²) in [5.41, 5.74) is -0.716. The Morgan fingerprint density at radius 3 is 2.00 bits per heavy atom. The van der Waals surface area contributed by atoms with E-state index in [1.54, 1.807) is 20.8 Å². The standard InChI is InChI=1S/C13H24O8/c1-13(2,3)21-9(17)5-4-7(15)10(18)12(20)11(19)8(16)6-14/h4-5,7-8,10-12,14-16,18-20H,6H2,1-3H3/b5-4+/t7-,8+,10+,11+,12+/m0/s1. The van der Waals surface area contributed by atoms with Crippen molar-refractivity contribution in [2.45, 2.75) is 56.9 Å². The molecule has 8 nitrogen and oxygen atoms in total. The number of hydrogen-bond donors (Lipinski definition) is 6. The zero-order valence-corrected chi connectivity index (χ0v) is 12.2. The fraction of sp³-hybridized carbons (Fsp3) is 0.769. The molecule has 8 heteroatoms. The zero-order valence-electron chi connectivity index (χ0n) is 12.2. The molecule has 0 bridgehead atoms. The van der Waals surface area contributed by atoms with Crippen molar-refractivity contribution >= 4 is 5.97 Å². The van der Waals surface area contributed by atoms with Gasteiger partial charge in [0.1, 0.15) is 36.1 Å². The number of ether oxygens (including phenoxy) is 1. The fourth-order valence-corrected chi connectivity index (χ4v) is 1.37. The van der Waals surface area contributed by atoms with Crippen LogP contribution in [0.4, 0.5) is 0 Å². The lowest BCUT2D eigenvalue weighted by Gasteiger charge is -2.27. The van der Waals surface area contributed by atoms with Crippen LogP contribution in [0.25, 0.3) is 0 Å². The van der Waals surface area contributed by atoms with Crippen molar-refractivity contribution in [1.29, 1.82) is 0 Å². The Balaban J connectivity index is 4.57. The molecule has 0 aliphatic heterocycles. The minimum absolute atomic E-state index is 0.716. The number of aliphatic hydroxyl groups excluding tert-OH is 6. The van der Waals surface area contributed by atoms with Gasteiger partial charge in [0.15, 0.2) is 0 Å². The molecule has 0 amide bonds. The molecule has 0 heterocycles. The first kappa shape index (κ1) is 20.0. The molecule has 0 unspecified atom stereocenters. The van der Waals surface area contributed by atoms with E-state index in [-0.39, 0.29) is 0 Å². The van der Waals surface area contributed by atoms with E-state index in [1.165, 1.54) is 0 Å². The van der Waals surface area contributed by atoms with Gasteiger partial charge in [-0.1, -0.05) is 0 Å². The number of esters is 1. The molecule has 0 rings (SSSR count). The van der Waals surface area contributed by atoms with Gasteiger partial charge in [0.25, 0.3) is 0 Å². The molecule has 5 atom stereocenters. The van der Waals surface area contributed by atoms with E-state index in [0.29, 0.717) is 0 Å². The van der Waals surface area contributed by atoms with Gasteiger partial charge in [-0.3, -0.25) is 0 Å². The molecule has 0 aromatic heterocycles. The second-order valence-electron chi connectivity index (χ2n) is 5.60. The minimum atomic E-state index is -1.91. The van der Waals surface area contributed by atoms with Crippen LogP contribution in [0, 0.1) is 0 Å². The van der Waals surface area contributed by atoms with E-state index in [9.17, 15) is 25.2 Å². The van der Waals surface area contributed by atoms with Crippen molar-refractivity contribution in [3.8, 4) is 0 Å². The van der Waals surface area contributed by atoms with Crippen LogP contribution in [0.1, 0.15) is 20.8 Å². The second kappa shape index (κ2) is 8.42. The lowest BCUT2D eigenvalue weighted by molar-refractivity contribution is -0.148. The van der Waals surface area contributed by atoms with Crippen molar-refractivity contribution in [2.24, 2.45) is 0 Å². The highest BCUT2D eigenvalue weighted by Gasteiger charge is 2.33. The first-order chi connectivity index (χ1) is 9.49. The van der Waals surface area contributed by atoms with Crippen molar-refractivity contribution in [2.75, 3.05) is 6.61 Å². The Hall–Kier alpha value is -1.03. The highest BCUT2D eigenvalue weighted by Crippen LogP contribution is 2.11. The maximum atomic E-state index is 11.4. The van der Waals surface area contributed by atoms with Gasteiger partial charge in [-0.05, 0) is 26.8 Å². The minimum Gasteiger partial charge on any atom is -0.457 e. The predicted octanol–water partition coefficient (Wildman–Crippen LogP) is -2.32. The number of rotatable bonds is 7. The smallest absolute Gasteiger partial charge is 0.331 e. The van der Waals surface area contributed by atoms with Crippen LogP contribution in [-0.4, -0.2) is 79.3 Å². The summed E-state index contributed by atoms with van der Waals surface area (Å²) in [7, 11) is 0. The van der Waals surface area contributed by atoms with Gasteiger partial charge in [0.2, 0.25) is 0 Å². The first-order valence-corrected chi connectivity index (χ1v) is 6.42. The van der Waals surface area contributed by atoms with Gasteiger partial charge >= 0.3 is 5.97 Å². The molecule has 0 fully saturated rings. The number of hydrogen-bond acceptors (Lipinski definition) is 8. The van der Waals surface area contributed by atoms with Gasteiger partial charge < -0.3 is 35.4 Å². The topological polar surface area (TPSA) is 148 Å². The third kappa shape index (κ3) is 7.51. The molecular weight excluding hydrogens is 284 g/mol. The van der Waals surface area contributed by atoms with E-state index in [1.807, 2.05) is 0 Å². The summed E-state index contributed by atoms with van der Waals surface area (Å²) in [6, 6.07) is 0. The predicted molar refractivity (Wildman–Crippen MR) is 72.1 cm³/mol. The van der Waals surface area contributed by atoms with Gasteiger partial charge in [-0.2, -0.15) is 0 Å². The van der Waals surface area contributed by atoms with Crippen LogP contribution >= 0.6 is 0 Å². The van der Waals surface area contributed by atoms with Crippen LogP contribution in [0.5, 0.6) is 0 Å². The van der Waals surface area contributed by atoms with Crippen LogP contribution in [0.15, 0.2) is 12.2 Å². The van der Waals surface area contributed by atoms with Crippen molar-refractivity contribution in [1.82, 2.24) is 0 Å². The van der Waals surface area contributed by atoms with Gasteiger partial charge in [-0.25, -0.2) is 4.79 Å². The second-order valence-corrected chi connectivity index (χ2v) is 5.60. The highest BCUT2D eigenvalue weighted by molar-refractivity contribution is 5.82. The van der Waals surface area contributed by atoms with E-state index in [0.717, 1.165) is 12.2 Å². The Kier molecular flexibility index (Phi) is 8.01. The van der Waals surface area contributed by atoms with Crippen molar-refractivity contribution in [3.05, 3.63) is 12.2 Å². The van der Waals surface area contributed by atoms with Crippen LogP contribution in [0.2, 0.25) is 0 Å². The third-order valence-electron chi connectivity index (χ3n) is 2.47. The first-order valence-electron chi connectivity index (χ1n) is 6.42. The zero-order chi connectivity index (χ0) is 16.8. The Labute approximate surface area is 122 Å². The van der Waals surface area contributed by atoms with Gasteiger partial charge in [-0.15, -0.1) is 0 Å². The SMILES string of the molecule is CC(C)(C)OC(=O)/C=C/[C@H](O)[C@@H](O)[C@@H](O)[C@H](O)[C@H](O)CO. The monoisotopic (exact) mass is 308 g/mol. The van der Waals surface area contributed by atoms with Crippen molar-refractivity contribution in [3.63, 3.8) is 0 Å². The largest absolute Gasteiger partial charge is 0.457 e. The summed E-state index contributed by atoms with van der Waals surface area (Å²) < 4.78 is 4.93. The summed E-state index contributed by atoms with van der Waals surface area (Å²) in [6.45, 7) is 4.13. The molecule has 124 valence electrons. The maximum Gasteiger partial charge on any atom is 0.331 e. The quantitative estimate of drug-likeness (QED) is 0.227. The molecule has 0 saturated heterocycles. The number of carbonyl (C=O) groups excluding carboxylic acids is 1. The summed E-state index contributed by atoms with van der Waals surface area (Å²) >= 11 is 0. The number of aliphatic hydroxyl groups is 6. The van der Waals surface area contributed by atoms with Gasteiger partial charge in [0, 0.05) is 6.08 Å². The Morgan fingerprint density at radius 1 is 1.05 bits per heavy atom. The van der Waals surface area contributed by atoms with Crippen LogP contribution in [-0.2, 0) is 9.53 Å². The van der Waals surface area contributed by atoms with E-state index < -0.39 is 48.7 Å². The van der Waals surface area contributed by atoms with E-state index in [4.69, 9.17) is 14.9 Å². The lowest BCUT2D eigenvalue weighted by atomic mass is 9.99. The molecule has 0 aliphatic rings. The molecule has 0 radical (unpaired) electrons. The van der Waals surface area contributed by atoms with Crippen LogP contribution < -0.4 is 0 Å². The summed E-state index contributed by atoms with van der Waals surface area (Å²) in [4.78, 5) is 11.4. The van der Waals surface area contributed by atoms with E-state index in [2.05, 4.69) is 0 Å². The number of carbonyl (C=O) groups is 1. The average Bonchev–Trinajstić information content (AvgIpc) is 2.39. The third-order valence-corrected chi connectivity index (χ3v) is 2.47. The summed E-state index contributed by atoms with van der Waals surface area (Å²) in [5.74, 6) is -0.751. The molecule has 0 spiro atoms. The molecule has 0 aromatic carbocycles. The highest BCUT2D eigenvalue weighted by atomic mass is 16.6. The summed E-state index contributed by atoms with van der Waals surface area (Å²) in [6.07, 6.45) is -7.20. The molecule has 0 aromatic rings. The Morgan fingerprint density at radius 2 is 1.57 bits per heavy atom. The molecule has 21 heavy (non-hydrogen) atoms. The molecular formula is C13H24O8. The molecule has 0 aliphatic carbocycles. The van der Waals surface area contributed by atoms with Crippen molar-refractivity contribution < 1.29 is 40.2 Å². The Bertz CT molecular complexity index is 349. The molecule has 6 N–H and O–H groups in total. The summed E-state index contributed by atoms with van der Waals surface area (Å²) in [5, 5.41) is 55.8. The van der Waals surface area contributed by atoms with E-state index >= 15 is 0 Å². The fourth-order valence-electron chi connectivity index (χ4n) is 1.37. The van der Waals surface area contributed by atoms with Crippen LogP contribution in [0.3, 0.4) is 0 Å². The molecule has 0 saturated carbocycles. The lowest BCUT2D eigenvalue weighted by Crippen LogP contribution is -2.49.